The summed E-state index contributed by atoms with van der Waals surface area (Å²) < 4.78 is 4.65. The summed E-state index contributed by atoms with van der Waals surface area (Å²) in [5.74, 6) is -0.204. The first-order valence-electron chi connectivity index (χ1n) is 7.23. The van der Waals surface area contributed by atoms with Gasteiger partial charge in [0.2, 0.25) is 5.91 Å². The van der Waals surface area contributed by atoms with E-state index in [9.17, 15) is 14.7 Å². The molecule has 1 N–H and O–H groups in total. The van der Waals surface area contributed by atoms with E-state index < -0.39 is 0 Å². The van der Waals surface area contributed by atoms with Crippen molar-refractivity contribution in [3.05, 3.63) is 35.4 Å². The van der Waals surface area contributed by atoms with Crippen LogP contribution in [0, 0.1) is 0 Å². The Balaban J connectivity index is 1.83. The van der Waals surface area contributed by atoms with Crippen molar-refractivity contribution in [3.8, 4) is 0 Å². The summed E-state index contributed by atoms with van der Waals surface area (Å²) in [7, 11) is 1.36. The molecule has 1 aromatic carbocycles. The Bertz CT molecular complexity index is 498. The van der Waals surface area contributed by atoms with Crippen molar-refractivity contribution in [1.29, 1.82) is 0 Å². The fourth-order valence-corrected chi connectivity index (χ4v) is 2.67. The molecule has 5 heteroatoms. The molecule has 0 radical (unpaired) electrons. The van der Waals surface area contributed by atoms with Crippen LogP contribution < -0.4 is 0 Å². The average molecular weight is 291 g/mol. The van der Waals surface area contributed by atoms with Gasteiger partial charge < -0.3 is 14.7 Å². The Morgan fingerprint density at radius 3 is 2.71 bits per heavy atom. The maximum absolute atomic E-state index is 11.7. The highest BCUT2D eigenvalue weighted by molar-refractivity contribution is 5.89. The molecule has 0 aromatic heterocycles. The molecule has 1 fully saturated rings. The molecule has 0 bridgehead atoms. The number of likely N-dealkylation sites (tertiary alicyclic amines) is 1. The summed E-state index contributed by atoms with van der Waals surface area (Å²) in [4.78, 5) is 24.8. The lowest BCUT2D eigenvalue weighted by atomic mass is 10.1. The highest BCUT2D eigenvalue weighted by Crippen LogP contribution is 2.19. The summed E-state index contributed by atoms with van der Waals surface area (Å²) in [6, 6.07) is 7.29. The van der Waals surface area contributed by atoms with E-state index in [0.29, 0.717) is 18.5 Å². The molecule has 114 valence electrons. The fraction of sp³-hybridized carbons (Fsp3) is 0.500. The van der Waals surface area contributed by atoms with Gasteiger partial charge in [0.05, 0.1) is 25.3 Å². The van der Waals surface area contributed by atoms with Gasteiger partial charge in [0.25, 0.3) is 0 Å². The second kappa shape index (κ2) is 7.22. The smallest absolute Gasteiger partial charge is 0.337 e. The van der Waals surface area contributed by atoms with Gasteiger partial charge in [-0.15, -0.1) is 0 Å². The number of nitrogens with zero attached hydrogens (tertiary/aromatic N) is 1. The van der Waals surface area contributed by atoms with Crippen LogP contribution in [-0.4, -0.2) is 48.2 Å². The van der Waals surface area contributed by atoms with E-state index in [1.54, 1.807) is 17.0 Å². The molecular weight excluding hydrogens is 270 g/mol. The molecule has 0 spiro atoms. The second-order valence-corrected chi connectivity index (χ2v) is 5.25. The third-order valence-electron chi connectivity index (χ3n) is 3.90. The van der Waals surface area contributed by atoms with Gasteiger partial charge in [0.15, 0.2) is 0 Å². The second-order valence-electron chi connectivity index (χ2n) is 5.25. The van der Waals surface area contributed by atoms with Gasteiger partial charge in [-0.3, -0.25) is 4.79 Å². The number of ether oxygens (including phenoxy) is 1. The zero-order chi connectivity index (χ0) is 15.2. The first kappa shape index (κ1) is 15.5. The van der Waals surface area contributed by atoms with Crippen molar-refractivity contribution < 1.29 is 19.4 Å². The molecule has 0 aliphatic carbocycles. The van der Waals surface area contributed by atoms with Gasteiger partial charge in [-0.05, 0) is 37.0 Å². The van der Waals surface area contributed by atoms with Gasteiger partial charge in [-0.1, -0.05) is 12.1 Å². The minimum absolute atomic E-state index is 0.0146. The van der Waals surface area contributed by atoms with Crippen molar-refractivity contribution in [1.82, 2.24) is 4.90 Å². The van der Waals surface area contributed by atoms with Crippen molar-refractivity contribution in [2.24, 2.45) is 0 Å². The van der Waals surface area contributed by atoms with Crippen molar-refractivity contribution in [3.63, 3.8) is 0 Å². The standard InChI is InChI=1S/C16H21NO4/c1-21-16(20)13-6-4-12(5-7-13)3-2-10-17-14(11-18)8-9-15(17)19/h4-7,14,18H,2-3,8-11H2,1H3. The molecule has 1 unspecified atom stereocenters. The lowest BCUT2D eigenvalue weighted by Crippen LogP contribution is -2.36. The Morgan fingerprint density at radius 1 is 1.38 bits per heavy atom. The summed E-state index contributed by atoms with van der Waals surface area (Å²) >= 11 is 0. The van der Waals surface area contributed by atoms with Crippen LogP contribution in [0.1, 0.15) is 35.2 Å². The highest BCUT2D eigenvalue weighted by atomic mass is 16.5. The molecule has 1 aliphatic heterocycles. The number of rotatable bonds is 6. The van der Waals surface area contributed by atoms with E-state index in [1.165, 1.54) is 7.11 Å². The zero-order valence-corrected chi connectivity index (χ0v) is 12.2. The molecular formula is C16H21NO4. The summed E-state index contributed by atoms with van der Waals surface area (Å²) in [5.41, 5.74) is 1.66. The van der Waals surface area contributed by atoms with Crippen LogP contribution in [0.5, 0.6) is 0 Å². The molecule has 21 heavy (non-hydrogen) atoms. The predicted molar refractivity (Wildman–Crippen MR) is 77.9 cm³/mol. The highest BCUT2D eigenvalue weighted by Gasteiger charge is 2.29. The number of carbonyl (C=O) groups excluding carboxylic acids is 2. The molecule has 1 aliphatic rings. The van der Waals surface area contributed by atoms with Gasteiger partial charge >= 0.3 is 5.97 Å². The van der Waals surface area contributed by atoms with E-state index >= 15 is 0 Å². The number of hydrogen-bond acceptors (Lipinski definition) is 4. The Hall–Kier alpha value is -1.88. The largest absolute Gasteiger partial charge is 0.465 e. The summed E-state index contributed by atoms with van der Waals surface area (Å²) in [5, 5.41) is 9.24. The number of esters is 1. The van der Waals surface area contributed by atoms with Gasteiger partial charge in [-0.2, -0.15) is 0 Å². The van der Waals surface area contributed by atoms with Crippen molar-refractivity contribution in [2.75, 3.05) is 20.3 Å². The minimum atomic E-state index is -0.338. The van der Waals surface area contributed by atoms with Crippen LogP contribution >= 0.6 is 0 Å². The zero-order valence-electron chi connectivity index (χ0n) is 12.2. The van der Waals surface area contributed by atoms with Crippen LogP contribution in [0.2, 0.25) is 0 Å². The molecule has 0 saturated carbocycles. The maximum Gasteiger partial charge on any atom is 0.337 e. The molecule has 1 aromatic rings. The van der Waals surface area contributed by atoms with Crippen molar-refractivity contribution >= 4 is 11.9 Å². The molecule has 1 amide bonds. The van der Waals surface area contributed by atoms with Crippen LogP contribution in [0.4, 0.5) is 0 Å². The third kappa shape index (κ3) is 3.82. The Kier molecular flexibility index (Phi) is 5.33. The summed E-state index contributed by atoms with van der Waals surface area (Å²) in [6.07, 6.45) is 2.98. The topological polar surface area (TPSA) is 66.8 Å². The van der Waals surface area contributed by atoms with Crippen LogP contribution in [0.25, 0.3) is 0 Å². The first-order valence-corrected chi connectivity index (χ1v) is 7.23. The van der Waals surface area contributed by atoms with E-state index in [2.05, 4.69) is 4.74 Å². The number of aliphatic hydroxyl groups excluding tert-OH is 1. The molecule has 1 atom stereocenters. The third-order valence-corrected chi connectivity index (χ3v) is 3.90. The Morgan fingerprint density at radius 2 is 2.10 bits per heavy atom. The normalized spacial score (nSPS) is 18.1. The maximum atomic E-state index is 11.7. The van der Waals surface area contributed by atoms with Crippen LogP contribution in [0.15, 0.2) is 24.3 Å². The van der Waals surface area contributed by atoms with Gasteiger partial charge in [0.1, 0.15) is 0 Å². The Labute approximate surface area is 124 Å². The molecule has 5 nitrogen and oxygen atoms in total. The number of carbonyl (C=O) groups is 2. The molecule has 1 saturated heterocycles. The van der Waals surface area contributed by atoms with Crippen LogP contribution in [-0.2, 0) is 16.0 Å². The van der Waals surface area contributed by atoms with Crippen molar-refractivity contribution in [2.45, 2.75) is 31.7 Å². The van der Waals surface area contributed by atoms with E-state index in [1.807, 2.05) is 12.1 Å². The fourth-order valence-electron chi connectivity index (χ4n) is 2.67. The van der Waals surface area contributed by atoms with E-state index in [0.717, 1.165) is 24.8 Å². The quantitative estimate of drug-likeness (QED) is 0.804. The monoisotopic (exact) mass is 291 g/mol. The van der Waals surface area contributed by atoms with Crippen LogP contribution in [0.3, 0.4) is 0 Å². The predicted octanol–water partition coefficient (Wildman–Crippen LogP) is 1.39. The lowest BCUT2D eigenvalue weighted by molar-refractivity contribution is -0.129. The average Bonchev–Trinajstić information content (AvgIpc) is 2.87. The molecule has 2 rings (SSSR count). The van der Waals surface area contributed by atoms with E-state index in [4.69, 9.17) is 0 Å². The molecule has 1 heterocycles. The number of methoxy groups -OCH3 is 1. The number of amides is 1. The number of aryl methyl sites for hydroxylation is 1. The number of hydrogen-bond donors (Lipinski definition) is 1. The SMILES string of the molecule is COC(=O)c1ccc(CCCN2C(=O)CCC2CO)cc1. The number of benzene rings is 1. The minimum Gasteiger partial charge on any atom is -0.465 e. The van der Waals surface area contributed by atoms with Gasteiger partial charge in [-0.25, -0.2) is 4.79 Å². The van der Waals surface area contributed by atoms with Gasteiger partial charge in [0, 0.05) is 13.0 Å². The first-order chi connectivity index (χ1) is 10.2. The number of aliphatic hydroxyl groups is 1. The van der Waals surface area contributed by atoms with E-state index in [-0.39, 0.29) is 24.5 Å². The lowest BCUT2D eigenvalue weighted by Gasteiger charge is -2.23. The summed E-state index contributed by atoms with van der Waals surface area (Å²) in [6.45, 7) is 0.711.